The lowest BCUT2D eigenvalue weighted by molar-refractivity contribution is 0.308. The molecule has 0 fully saturated rings. The second-order valence-electron chi connectivity index (χ2n) is 4.30. The highest BCUT2D eigenvalue weighted by Crippen LogP contribution is 2.24. The van der Waals surface area contributed by atoms with E-state index in [9.17, 15) is 0 Å². The van der Waals surface area contributed by atoms with E-state index in [1.807, 2.05) is 18.2 Å². The van der Waals surface area contributed by atoms with Crippen molar-refractivity contribution in [3.05, 3.63) is 42.5 Å². The van der Waals surface area contributed by atoms with Gasteiger partial charge >= 0.3 is 0 Å². The maximum Gasteiger partial charge on any atom is 0.135 e. The molecule has 0 spiro atoms. The molecule has 0 aliphatic rings. The Balaban J connectivity index is 1.98. The smallest absolute Gasteiger partial charge is 0.135 e. The van der Waals surface area contributed by atoms with Crippen molar-refractivity contribution in [3.8, 4) is 5.75 Å². The molecule has 2 rings (SSSR count). The van der Waals surface area contributed by atoms with E-state index in [-0.39, 0.29) is 0 Å². The van der Waals surface area contributed by atoms with Gasteiger partial charge in [-0.05, 0) is 17.9 Å². The largest absolute Gasteiger partial charge is 0.492 e. The fourth-order valence-electron chi connectivity index (χ4n) is 1.96. The number of ether oxygens (including phenoxy) is 1. The molecule has 0 aliphatic heterocycles. The minimum absolute atomic E-state index is 0.796. The molecule has 2 aromatic carbocycles. The molecule has 0 unspecified atom stereocenters. The second kappa shape index (κ2) is 6.29. The highest BCUT2D eigenvalue weighted by Gasteiger charge is 2.00. The van der Waals surface area contributed by atoms with Crippen LogP contribution in [0.4, 0.5) is 0 Å². The monoisotopic (exact) mass is 227 g/mol. The molecule has 0 aliphatic carbocycles. The van der Waals surface area contributed by atoms with E-state index in [4.69, 9.17) is 4.74 Å². The Labute approximate surface area is 103 Å². The molecule has 17 heavy (non-hydrogen) atoms. The van der Waals surface area contributed by atoms with Crippen LogP contribution in [0, 0.1) is 6.07 Å². The van der Waals surface area contributed by atoms with Gasteiger partial charge in [-0.2, -0.15) is 0 Å². The SMILES string of the molecule is CCCCCCOc1[c]ccc2ccccc12. The zero-order valence-corrected chi connectivity index (χ0v) is 10.4. The van der Waals surface area contributed by atoms with E-state index >= 15 is 0 Å². The Hall–Kier alpha value is -1.50. The fourth-order valence-corrected chi connectivity index (χ4v) is 1.96. The third-order valence-electron chi connectivity index (χ3n) is 2.93. The molecule has 89 valence electrons. The number of benzene rings is 2. The van der Waals surface area contributed by atoms with Gasteiger partial charge in [0.1, 0.15) is 5.75 Å². The van der Waals surface area contributed by atoms with E-state index in [0.29, 0.717) is 0 Å². The fraction of sp³-hybridized carbons (Fsp3) is 0.375. The van der Waals surface area contributed by atoms with Gasteiger partial charge in [0.05, 0.1) is 6.61 Å². The van der Waals surface area contributed by atoms with Crippen molar-refractivity contribution in [2.75, 3.05) is 6.61 Å². The maximum absolute atomic E-state index is 5.81. The van der Waals surface area contributed by atoms with Crippen LogP contribution in [0.1, 0.15) is 32.6 Å². The van der Waals surface area contributed by atoms with Crippen molar-refractivity contribution in [1.29, 1.82) is 0 Å². The minimum atomic E-state index is 0.796. The molecule has 0 bridgehead atoms. The Morgan fingerprint density at radius 1 is 1.06 bits per heavy atom. The summed E-state index contributed by atoms with van der Waals surface area (Å²) < 4.78 is 5.81. The summed E-state index contributed by atoms with van der Waals surface area (Å²) in [6.45, 7) is 3.02. The van der Waals surface area contributed by atoms with Crippen molar-refractivity contribution in [2.24, 2.45) is 0 Å². The average Bonchev–Trinajstić information content (AvgIpc) is 2.39. The second-order valence-corrected chi connectivity index (χ2v) is 4.30. The van der Waals surface area contributed by atoms with E-state index < -0.39 is 0 Å². The average molecular weight is 227 g/mol. The van der Waals surface area contributed by atoms with E-state index in [1.165, 1.54) is 24.6 Å². The van der Waals surface area contributed by atoms with Gasteiger partial charge in [-0.25, -0.2) is 0 Å². The number of fused-ring (bicyclic) bond motifs is 1. The first-order valence-corrected chi connectivity index (χ1v) is 6.44. The van der Waals surface area contributed by atoms with Crippen LogP contribution in [0.2, 0.25) is 0 Å². The zero-order chi connectivity index (χ0) is 11.9. The van der Waals surface area contributed by atoms with Crippen LogP contribution < -0.4 is 4.74 Å². The van der Waals surface area contributed by atoms with Crippen LogP contribution in [0.5, 0.6) is 5.75 Å². The molecule has 2 aromatic rings. The number of rotatable bonds is 6. The normalized spacial score (nSPS) is 10.6. The van der Waals surface area contributed by atoms with Crippen LogP contribution in [0.25, 0.3) is 10.8 Å². The Kier molecular flexibility index (Phi) is 4.43. The maximum atomic E-state index is 5.81. The number of unbranched alkanes of at least 4 members (excludes halogenated alkanes) is 3. The quantitative estimate of drug-likeness (QED) is 0.655. The molecule has 1 nitrogen and oxygen atoms in total. The number of hydrogen-bond acceptors (Lipinski definition) is 1. The summed E-state index contributed by atoms with van der Waals surface area (Å²) in [5.41, 5.74) is 0. The zero-order valence-electron chi connectivity index (χ0n) is 10.4. The highest BCUT2D eigenvalue weighted by atomic mass is 16.5. The summed E-state index contributed by atoms with van der Waals surface area (Å²) in [5.74, 6) is 0.889. The van der Waals surface area contributed by atoms with Crippen molar-refractivity contribution >= 4 is 10.8 Å². The van der Waals surface area contributed by atoms with Crippen molar-refractivity contribution in [3.63, 3.8) is 0 Å². The molecular weight excluding hydrogens is 208 g/mol. The van der Waals surface area contributed by atoms with Gasteiger partial charge in [0.15, 0.2) is 0 Å². The molecule has 0 amide bonds. The first kappa shape index (κ1) is 12.0. The molecule has 0 aromatic heterocycles. The molecule has 0 saturated carbocycles. The van der Waals surface area contributed by atoms with Gasteiger partial charge in [-0.3, -0.25) is 0 Å². The molecule has 0 atom stereocenters. The van der Waals surface area contributed by atoms with E-state index in [2.05, 4.69) is 31.2 Å². The third-order valence-corrected chi connectivity index (χ3v) is 2.93. The van der Waals surface area contributed by atoms with Gasteiger partial charge in [0, 0.05) is 11.5 Å². The van der Waals surface area contributed by atoms with Crippen molar-refractivity contribution < 1.29 is 4.74 Å². The summed E-state index contributed by atoms with van der Waals surface area (Å²) in [5, 5.41) is 2.38. The van der Waals surface area contributed by atoms with E-state index in [1.54, 1.807) is 0 Å². The number of hydrogen-bond donors (Lipinski definition) is 0. The van der Waals surface area contributed by atoms with Gasteiger partial charge < -0.3 is 4.74 Å². The van der Waals surface area contributed by atoms with Gasteiger partial charge in [-0.1, -0.05) is 56.5 Å². The van der Waals surface area contributed by atoms with Gasteiger partial charge in [0.25, 0.3) is 0 Å². The first-order valence-electron chi connectivity index (χ1n) is 6.44. The van der Waals surface area contributed by atoms with Gasteiger partial charge in [0.2, 0.25) is 0 Å². The predicted molar refractivity (Wildman–Crippen MR) is 72.4 cm³/mol. The first-order chi connectivity index (χ1) is 8.42. The lowest BCUT2D eigenvalue weighted by Crippen LogP contribution is -1.97. The van der Waals surface area contributed by atoms with Crippen molar-refractivity contribution in [1.82, 2.24) is 0 Å². The lowest BCUT2D eigenvalue weighted by Gasteiger charge is -2.08. The van der Waals surface area contributed by atoms with E-state index in [0.717, 1.165) is 24.2 Å². The van der Waals surface area contributed by atoms with Crippen LogP contribution in [0.15, 0.2) is 36.4 Å². The van der Waals surface area contributed by atoms with Gasteiger partial charge in [-0.15, -0.1) is 0 Å². The molecule has 0 heterocycles. The Morgan fingerprint density at radius 3 is 2.82 bits per heavy atom. The summed E-state index contributed by atoms with van der Waals surface area (Å²) in [6, 6.07) is 15.5. The standard InChI is InChI=1S/C16H19O/c1-2-3-4-7-13-17-16-12-8-10-14-9-5-6-11-15(14)16/h5-6,8-11H,2-4,7,13H2,1H3. The Bertz CT molecular complexity index is 457. The Morgan fingerprint density at radius 2 is 1.94 bits per heavy atom. The molecule has 0 saturated heterocycles. The summed E-state index contributed by atoms with van der Waals surface area (Å²) in [4.78, 5) is 0. The van der Waals surface area contributed by atoms with Crippen LogP contribution in [-0.4, -0.2) is 6.61 Å². The molecular formula is C16H19O. The lowest BCUT2D eigenvalue weighted by atomic mass is 10.1. The van der Waals surface area contributed by atoms with Crippen LogP contribution in [0.3, 0.4) is 0 Å². The van der Waals surface area contributed by atoms with Crippen molar-refractivity contribution in [2.45, 2.75) is 32.6 Å². The molecule has 1 radical (unpaired) electrons. The van der Waals surface area contributed by atoms with Crippen LogP contribution in [-0.2, 0) is 0 Å². The molecule has 1 heteroatoms. The third kappa shape index (κ3) is 3.23. The predicted octanol–water partition coefficient (Wildman–Crippen LogP) is 4.60. The van der Waals surface area contributed by atoms with Crippen LogP contribution >= 0.6 is 0 Å². The summed E-state index contributed by atoms with van der Waals surface area (Å²) in [6.07, 6.45) is 4.94. The summed E-state index contributed by atoms with van der Waals surface area (Å²) in [7, 11) is 0. The highest BCUT2D eigenvalue weighted by molar-refractivity contribution is 5.87. The summed E-state index contributed by atoms with van der Waals surface area (Å²) >= 11 is 0. The molecule has 0 N–H and O–H groups in total. The minimum Gasteiger partial charge on any atom is -0.492 e. The topological polar surface area (TPSA) is 9.23 Å².